The van der Waals surface area contributed by atoms with E-state index in [2.05, 4.69) is 19.4 Å². The van der Waals surface area contributed by atoms with Crippen LogP contribution in [0.5, 0.6) is 11.6 Å². The fraction of sp³-hybridized carbons (Fsp3) is 0.0800. The van der Waals surface area contributed by atoms with Crippen LogP contribution in [0, 0.1) is 5.82 Å². The Morgan fingerprint density at radius 1 is 1.00 bits per heavy atom. The van der Waals surface area contributed by atoms with Crippen molar-refractivity contribution in [2.45, 2.75) is 4.90 Å². The highest BCUT2D eigenvalue weighted by Gasteiger charge is 2.19. The van der Waals surface area contributed by atoms with Crippen molar-refractivity contribution in [3.63, 3.8) is 0 Å². The van der Waals surface area contributed by atoms with Crippen molar-refractivity contribution in [2.24, 2.45) is 0 Å². The third-order valence-electron chi connectivity index (χ3n) is 5.60. The minimum Gasteiger partial charge on any atom is -0.495 e. The number of aromatic nitrogens is 3. The highest BCUT2D eigenvalue weighted by atomic mass is 32.2. The van der Waals surface area contributed by atoms with Gasteiger partial charge in [0, 0.05) is 23.1 Å². The van der Waals surface area contributed by atoms with Crippen LogP contribution in [0.15, 0.2) is 87.3 Å². The summed E-state index contributed by atoms with van der Waals surface area (Å²) in [5.41, 5.74) is 1.46. The molecule has 5 aromatic rings. The topological polar surface area (TPSA) is 126 Å². The molecule has 188 valence electrons. The van der Waals surface area contributed by atoms with Crippen LogP contribution < -0.4 is 19.8 Å². The first kappa shape index (κ1) is 24.0. The van der Waals surface area contributed by atoms with E-state index in [9.17, 15) is 17.6 Å². The van der Waals surface area contributed by atoms with Gasteiger partial charge in [0.25, 0.3) is 15.6 Å². The number of rotatable bonds is 7. The summed E-state index contributed by atoms with van der Waals surface area (Å²) in [6, 6.07) is 14.9. The summed E-state index contributed by atoms with van der Waals surface area (Å²) in [6.07, 6.45) is 2.30. The second-order valence-electron chi connectivity index (χ2n) is 7.81. The van der Waals surface area contributed by atoms with Gasteiger partial charge < -0.3 is 14.0 Å². The molecule has 0 unspecified atom stereocenters. The Balaban J connectivity index is 1.62. The molecular weight excluding hydrogens is 503 g/mol. The van der Waals surface area contributed by atoms with E-state index in [1.54, 1.807) is 18.2 Å². The predicted octanol–water partition coefficient (Wildman–Crippen LogP) is 4.00. The fourth-order valence-corrected chi connectivity index (χ4v) is 4.96. The second-order valence-corrected chi connectivity index (χ2v) is 9.50. The summed E-state index contributed by atoms with van der Waals surface area (Å²) < 4.78 is 58.7. The Kier molecular flexibility index (Phi) is 6.09. The molecule has 5 rings (SSSR count). The summed E-state index contributed by atoms with van der Waals surface area (Å²) in [6.45, 7) is 0. The normalized spacial score (nSPS) is 11.4. The molecule has 0 aliphatic carbocycles. The van der Waals surface area contributed by atoms with Gasteiger partial charge in [-0.3, -0.25) is 14.1 Å². The average molecular weight is 523 g/mol. The molecule has 0 saturated carbocycles. The third-order valence-corrected chi connectivity index (χ3v) is 6.95. The predicted molar refractivity (Wildman–Crippen MR) is 133 cm³/mol. The number of pyridine rings is 2. The lowest BCUT2D eigenvalue weighted by Gasteiger charge is -2.16. The third kappa shape index (κ3) is 4.49. The molecule has 0 amide bonds. The Morgan fingerprint density at radius 3 is 2.57 bits per heavy atom. The van der Waals surface area contributed by atoms with Gasteiger partial charge >= 0.3 is 0 Å². The first-order chi connectivity index (χ1) is 17.8. The second kappa shape index (κ2) is 9.39. The van der Waals surface area contributed by atoms with Gasteiger partial charge in [0.2, 0.25) is 5.88 Å². The molecule has 2 aromatic carbocycles. The summed E-state index contributed by atoms with van der Waals surface area (Å²) in [5, 5.41) is 4.05. The minimum absolute atomic E-state index is 0.0267. The standard InChI is InChI=1S/C25H19FN4O6S/c1-34-22-12-15(19-13-17(26)14-27-25(19)35-2)3-6-21(22)30-20-7-5-18(11-16(20)4-8-24(30)31)37(32,33)29-23-9-10-36-28-23/h3-14H,1-2H3,(H,28,29). The highest BCUT2D eigenvalue weighted by molar-refractivity contribution is 7.92. The maximum absolute atomic E-state index is 13.9. The lowest BCUT2D eigenvalue weighted by molar-refractivity contribution is 0.397. The minimum atomic E-state index is -3.95. The molecule has 0 saturated heterocycles. The van der Waals surface area contributed by atoms with E-state index in [1.807, 2.05) is 0 Å². The zero-order valence-electron chi connectivity index (χ0n) is 19.5. The molecule has 3 heterocycles. The Bertz CT molecular complexity index is 1790. The molecule has 12 heteroatoms. The number of fused-ring (bicyclic) bond motifs is 1. The Morgan fingerprint density at radius 2 is 1.84 bits per heavy atom. The highest BCUT2D eigenvalue weighted by Crippen LogP contribution is 2.34. The molecule has 1 N–H and O–H groups in total. The first-order valence-corrected chi connectivity index (χ1v) is 12.3. The monoisotopic (exact) mass is 522 g/mol. The number of hydrogen-bond donors (Lipinski definition) is 1. The van der Waals surface area contributed by atoms with Crippen LogP contribution in [0.4, 0.5) is 10.2 Å². The maximum Gasteiger partial charge on any atom is 0.263 e. The number of halogens is 1. The van der Waals surface area contributed by atoms with Gasteiger partial charge in [0.05, 0.1) is 36.5 Å². The van der Waals surface area contributed by atoms with Crippen LogP contribution >= 0.6 is 0 Å². The van der Waals surface area contributed by atoms with Gasteiger partial charge in [-0.05, 0) is 48.0 Å². The van der Waals surface area contributed by atoms with Crippen molar-refractivity contribution < 1.29 is 26.8 Å². The summed E-state index contributed by atoms with van der Waals surface area (Å²) >= 11 is 0. The summed E-state index contributed by atoms with van der Waals surface area (Å²) in [5.74, 6) is 0.0576. The molecule has 0 aliphatic heterocycles. The molecule has 37 heavy (non-hydrogen) atoms. The van der Waals surface area contributed by atoms with Crippen molar-refractivity contribution in [3.8, 4) is 28.4 Å². The first-order valence-electron chi connectivity index (χ1n) is 10.8. The van der Waals surface area contributed by atoms with E-state index in [4.69, 9.17) is 9.47 Å². The SMILES string of the molecule is COc1cc(-c2cc(F)cnc2OC)ccc1-n1c(=O)ccc2cc(S(=O)(=O)Nc3ccon3)ccc21. The van der Waals surface area contributed by atoms with Crippen molar-refractivity contribution in [2.75, 3.05) is 18.9 Å². The maximum atomic E-state index is 13.9. The number of sulfonamides is 1. The van der Waals surface area contributed by atoms with Gasteiger partial charge in [0.15, 0.2) is 5.82 Å². The quantitative estimate of drug-likeness (QED) is 0.340. The van der Waals surface area contributed by atoms with Crippen LogP contribution in [0.3, 0.4) is 0 Å². The van der Waals surface area contributed by atoms with E-state index in [0.717, 1.165) is 6.20 Å². The fourth-order valence-electron chi connectivity index (χ4n) is 3.93. The lowest BCUT2D eigenvalue weighted by atomic mass is 10.1. The van der Waals surface area contributed by atoms with Crippen LogP contribution in [0.2, 0.25) is 0 Å². The van der Waals surface area contributed by atoms with E-state index < -0.39 is 15.8 Å². The Hall–Kier alpha value is -4.71. The van der Waals surface area contributed by atoms with Crippen molar-refractivity contribution >= 4 is 26.7 Å². The number of methoxy groups -OCH3 is 2. The zero-order chi connectivity index (χ0) is 26.2. The largest absolute Gasteiger partial charge is 0.495 e. The Labute approximate surface area is 209 Å². The summed E-state index contributed by atoms with van der Waals surface area (Å²) in [4.78, 5) is 16.9. The zero-order valence-corrected chi connectivity index (χ0v) is 20.3. The number of hydrogen-bond acceptors (Lipinski definition) is 8. The number of nitrogens with one attached hydrogen (secondary N) is 1. The van der Waals surface area contributed by atoms with Crippen LogP contribution in [0.1, 0.15) is 0 Å². The van der Waals surface area contributed by atoms with E-state index in [1.165, 1.54) is 67.5 Å². The molecule has 0 fully saturated rings. The summed E-state index contributed by atoms with van der Waals surface area (Å²) in [7, 11) is -1.08. The van der Waals surface area contributed by atoms with Gasteiger partial charge in [0.1, 0.15) is 17.8 Å². The number of ether oxygens (including phenoxy) is 2. The van der Waals surface area contributed by atoms with Gasteiger partial charge in [-0.1, -0.05) is 11.2 Å². The van der Waals surface area contributed by atoms with E-state index >= 15 is 0 Å². The molecule has 3 aromatic heterocycles. The van der Waals surface area contributed by atoms with Crippen molar-refractivity contribution in [1.29, 1.82) is 0 Å². The van der Waals surface area contributed by atoms with Gasteiger partial charge in [-0.25, -0.2) is 17.8 Å². The van der Waals surface area contributed by atoms with E-state index in [-0.39, 0.29) is 22.2 Å². The molecule has 0 aliphatic rings. The lowest BCUT2D eigenvalue weighted by Crippen LogP contribution is -2.18. The van der Waals surface area contributed by atoms with Crippen molar-refractivity contribution in [1.82, 2.24) is 14.7 Å². The van der Waals surface area contributed by atoms with Gasteiger partial charge in [-0.2, -0.15) is 0 Å². The molecule has 0 spiro atoms. The molecule has 0 radical (unpaired) electrons. The molecular formula is C25H19FN4O6S. The number of nitrogens with zero attached hydrogens (tertiary/aromatic N) is 3. The van der Waals surface area contributed by atoms with Crippen LogP contribution in [-0.2, 0) is 10.0 Å². The van der Waals surface area contributed by atoms with Gasteiger partial charge in [-0.15, -0.1) is 0 Å². The number of benzene rings is 2. The van der Waals surface area contributed by atoms with Crippen LogP contribution in [-0.4, -0.2) is 37.3 Å². The molecule has 0 atom stereocenters. The smallest absolute Gasteiger partial charge is 0.263 e. The number of anilines is 1. The molecule has 0 bridgehead atoms. The molecule has 10 nitrogen and oxygen atoms in total. The van der Waals surface area contributed by atoms with Crippen LogP contribution in [0.25, 0.3) is 27.7 Å². The van der Waals surface area contributed by atoms with Crippen molar-refractivity contribution in [3.05, 3.63) is 89.3 Å². The van der Waals surface area contributed by atoms with E-state index in [0.29, 0.717) is 33.5 Å². The average Bonchev–Trinajstić information content (AvgIpc) is 3.40.